The van der Waals surface area contributed by atoms with Crippen molar-refractivity contribution in [1.82, 2.24) is 9.80 Å². The van der Waals surface area contributed by atoms with Crippen molar-refractivity contribution in [3.63, 3.8) is 0 Å². The maximum Gasteiger partial charge on any atom is 0.310 e. The van der Waals surface area contributed by atoms with Gasteiger partial charge in [0.2, 0.25) is 5.91 Å². The van der Waals surface area contributed by atoms with Gasteiger partial charge in [-0.2, -0.15) is 4.99 Å². The van der Waals surface area contributed by atoms with Gasteiger partial charge in [-0.3, -0.25) is 14.5 Å². The van der Waals surface area contributed by atoms with Crippen LogP contribution in [0.5, 0.6) is 5.75 Å². The fourth-order valence-corrected chi connectivity index (χ4v) is 5.58. The summed E-state index contributed by atoms with van der Waals surface area (Å²) in [5.74, 6) is 0.708. The van der Waals surface area contributed by atoms with Crippen molar-refractivity contribution in [2.24, 2.45) is 4.99 Å². The predicted octanol–water partition coefficient (Wildman–Crippen LogP) is 3.40. The maximum absolute atomic E-state index is 11.7. The molecule has 4 rings (SSSR count). The smallest absolute Gasteiger partial charge is 0.310 e. The van der Waals surface area contributed by atoms with Crippen LogP contribution in [0, 0.1) is 0 Å². The number of thioether (sulfide) groups is 1. The minimum Gasteiger partial charge on any atom is -0.492 e. The van der Waals surface area contributed by atoms with E-state index in [1.807, 2.05) is 35.2 Å². The van der Waals surface area contributed by atoms with Crippen molar-refractivity contribution in [3.05, 3.63) is 60.2 Å². The minimum atomic E-state index is -0.502. The van der Waals surface area contributed by atoms with Gasteiger partial charge in [-0.05, 0) is 18.2 Å². The normalized spacial score (nSPS) is 19.0. The molecular weight excluding hydrogens is 464 g/mol. The van der Waals surface area contributed by atoms with Crippen molar-refractivity contribution in [2.45, 2.75) is 19.2 Å². The van der Waals surface area contributed by atoms with Crippen molar-refractivity contribution in [3.8, 4) is 5.75 Å². The van der Waals surface area contributed by atoms with E-state index < -0.39 is 11.9 Å². The molecule has 1 unspecified atom stereocenters. The van der Waals surface area contributed by atoms with E-state index in [4.69, 9.17) is 9.47 Å². The van der Waals surface area contributed by atoms with E-state index in [-0.39, 0.29) is 11.4 Å². The number of para-hydroxylation sites is 2. The highest BCUT2D eigenvalue weighted by molar-refractivity contribution is 7.99. The average molecular weight is 497 g/mol. The molecule has 9 heteroatoms. The number of hydrogen-bond acceptors (Lipinski definition) is 7. The maximum atomic E-state index is 11.7. The number of benzene rings is 2. The van der Waals surface area contributed by atoms with Gasteiger partial charge in [-0.25, -0.2) is 0 Å². The lowest BCUT2D eigenvalue weighted by Gasteiger charge is -2.36. The third-order valence-corrected chi connectivity index (χ3v) is 7.21. The molecule has 0 saturated carbocycles. The van der Waals surface area contributed by atoms with Gasteiger partial charge >= 0.3 is 12.0 Å². The van der Waals surface area contributed by atoms with Crippen LogP contribution in [0.15, 0.2) is 59.6 Å². The topological polar surface area (TPSA) is 74.7 Å². The number of aliphatic imine (C=N–C) groups is 1. The van der Waals surface area contributed by atoms with E-state index >= 15 is 0 Å². The molecule has 2 saturated heterocycles. The van der Waals surface area contributed by atoms with Crippen LogP contribution in [-0.2, 0) is 14.3 Å². The number of nitrogens with zero attached hydrogens (tertiary/aromatic N) is 4. The molecule has 0 bridgehead atoms. The van der Waals surface area contributed by atoms with Gasteiger partial charge in [0.1, 0.15) is 17.7 Å². The molecule has 35 heavy (non-hydrogen) atoms. The van der Waals surface area contributed by atoms with Crippen LogP contribution in [0.4, 0.5) is 5.69 Å². The van der Waals surface area contributed by atoms with Crippen LogP contribution in [0.3, 0.4) is 0 Å². The first-order valence-electron chi connectivity index (χ1n) is 11.9. The first-order valence-corrected chi connectivity index (χ1v) is 13.0. The summed E-state index contributed by atoms with van der Waals surface area (Å²) < 4.78 is 11.5. The number of anilines is 1. The number of piperazine rings is 1. The number of ether oxygens (including phenoxy) is 2. The zero-order valence-corrected chi connectivity index (χ0v) is 21.1. The molecule has 2 heterocycles. The summed E-state index contributed by atoms with van der Waals surface area (Å²) in [7, 11) is 0. The number of amidine groups is 1. The summed E-state index contributed by atoms with van der Waals surface area (Å²) >= 11 is 1.71. The van der Waals surface area contributed by atoms with E-state index in [1.54, 1.807) is 11.8 Å². The van der Waals surface area contributed by atoms with Crippen LogP contribution < -0.4 is 9.64 Å². The summed E-state index contributed by atoms with van der Waals surface area (Å²) in [5, 5.41) is -0.155. The second-order valence-corrected chi connectivity index (χ2v) is 9.66. The van der Waals surface area contributed by atoms with Crippen LogP contribution in [-0.4, -0.2) is 79.3 Å². The Kier molecular flexibility index (Phi) is 8.65. The Morgan fingerprint density at radius 3 is 2.40 bits per heavy atom. The molecule has 1 amide bonds. The lowest BCUT2D eigenvalue weighted by molar-refractivity contribution is -0.133. The monoisotopic (exact) mass is 496 g/mol. The Balaban J connectivity index is 1.36. The number of carbonyl (C=O) groups excluding carboxylic acids is 2. The second-order valence-electron chi connectivity index (χ2n) is 8.47. The molecule has 0 aliphatic carbocycles. The summed E-state index contributed by atoms with van der Waals surface area (Å²) in [6.07, 6.45) is 0. The summed E-state index contributed by atoms with van der Waals surface area (Å²) in [5.41, 5.74) is 2.25. The van der Waals surface area contributed by atoms with Crippen molar-refractivity contribution < 1.29 is 19.1 Å². The third kappa shape index (κ3) is 6.76. The molecule has 2 aliphatic rings. The highest BCUT2D eigenvalue weighted by Crippen LogP contribution is 2.42. The van der Waals surface area contributed by atoms with E-state index in [1.165, 1.54) is 19.5 Å². The molecule has 2 aromatic carbocycles. The van der Waals surface area contributed by atoms with Gasteiger partial charge in [-0.15, -0.1) is 11.8 Å². The third-order valence-electron chi connectivity index (χ3n) is 5.97. The van der Waals surface area contributed by atoms with Crippen molar-refractivity contribution in [2.75, 3.05) is 56.5 Å². The van der Waals surface area contributed by atoms with Crippen LogP contribution in [0.25, 0.3) is 0 Å². The Hall–Kier alpha value is -3.04. The fourth-order valence-electron chi connectivity index (χ4n) is 4.30. The van der Waals surface area contributed by atoms with Gasteiger partial charge in [0, 0.05) is 70.1 Å². The SMILES string of the molecule is CC(=O)N=C(OC(C)=O)N1CCSC1c1ccccc1OCCN1CCN(c2ccccc2)CC1. The van der Waals surface area contributed by atoms with E-state index in [2.05, 4.69) is 39.1 Å². The molecular formula is C26H32N4O4S. The zero-order chi connectivity index (χ0) is 24.6. The zero-order valence-electron chi connectivity index (χ0n) is 20.3. The van der Waals surface area contributed by atoms with Crippen LogP contribution in [0.2, 0.25) is 0 Å². The standard InChI is InChI=1S/C26H32N4O4S/c1-20(31)27-26(34-21(2)32)30-17-19-35-25(30)23-10-6-7-11-24(23)33-18-16-28-12-14-29(15-13-28)22-8-4-3-5-9-22/h3-11,25H,12-19H2,1-2H3. The Morgan fingerprint density at radius 1 is 0.971 bits per heavy atom. The van der Waals surface area contributed by atoms with Gasteiger partial charge in [0.05, 0.1) is 0 Å². The van der Waals surface area contributed by atoms with Crippen molar-refractivity contribution in [1.29, 1.82) is 0 Å². The van der Waals surface area contributed by atoms with Gasteiger partial charge in [0.15, 0.2) is 0 Å². The molecule has 0 N–H and O–H groups in total. The Bertz CT molecular complexity index is 1040. The van der Waals surface area contributed by atoms with Gasteiger partial charge < -0.3 is 19.3 Å². The van der Waals surface area contributed by atoms with Gasteiger partial charge in [0.25, 0.3) is 0 Å². The Morgan fingerprint density at radius 2 is 1.69 bits per heavy atom. The minimum absolute atomic E-state index is 0.0473. The fraction of sp³-hybridized carbons (Fsp3) is 0.423. The van der Waals surface area contributed by atoms with E-state index in [0.717, 1.165) is 49.8 Å². The average Bonchev–Trinajstić information content (AvgIpc) is 3.34. The first kappa shape index (κ1) is 25.1. The number of carbonyl (C=O) groups is 2. The van der Waals surface area contributed by atoms with E-state index in [9.17, 15) is 9.59 Å². The molecule has 2 aromatic rings. The molecule has 0 aromatic heterocycles. The molecule has 8 nitrogen and oxygen atoms in total. The number of esters is 1. The highest BCUT2D eigenvalue weighted by Gasteiger charge is 2.33. The highest BCUT2D eigenvalue weighted by atomic mass is 32.2. The molecule has 0 spiro atoms. The molecule has 2 fully saturated rings. The number of amides is 1. The molecule has 0 radical (unpaired) electrons. The number of rotatable bonds is 6. The lowest BCUT2D eigenvalue weighted by atomic mass is 10.2. The summed E-state index contributed by atoms with van der Waals surface area (Å²) in [6.45, 7) is 8.71. The molecule has 186 valence electrons. The number of hydrogen-bond donors (Lipinski definition) is 0. The van der Waals surface area contributed by atoms with Gasteiger partial charge in [-0.1, -0.05) is 36.4 Å². The second kappa shape index (κ2) is 12.1. The first-order chi connectivity index (χ1) is 17.0. The van der Waals surface area contributed by atoms with Crippen LogP contribution in [0.1, 0.15) is 24.8 Å². The molecule has 2 aliphatic heterocycles. The predicted molar refractivity (Wildman–Crippen MR) is 139 cm³/mol. The van der Waals surface area contributed by atoms with E-state index in [0.29, 0.717) is 13.2 Å². The quantitative estimate of drug-likeness (QED) is 0.342. The summed E-state index contributed by atoms with van der Waals surface area (Å²) in [6, 6.07) is 18.5. The Labute approximate surface area is 210 Å². The largest absolute Gasteiger partial charge is 0.492 e. The van der Waals surface area contributed by atoms with Crippen LogP contribution >= 0.6 is 11.8 Å². The lowest BCUT2D eigenvalue weighted by Crippen LogP contribution is -2.47. The molecule has 1 atom stereocenters. The summed E-state index contributed by atoms with van der Waals surface area (Å²) in [4.78, 5) is 33.9. The van der Waals surface area contributed by atoms with Crippen molar-refractivity contribution >= 4 is 35.3 Å².